The SMILES string of the molecule is CC(CN=C(N)Nc1ccccc1)CN1CCOCC1. The molecule has 0 spiro atoms. The van der Waals surface area contributed by atoms with Gasteiger partial charge in [0.25, 0.3) is 0 Å². The van der Waals surface area contributed by atoms with Crippen LogP contribution < -0.4 is 11.1 Å². The molecule has 0 saturated carbocycles. The summed E-state index contributed by atoms with van der Waals surface area (Å²) in [5.41, 5.74) is 6.86. The van der Waals surface area contributed by atoms with E-state index in [1.165, 1.54) is 0 Å². The van der Waals surface area contributed by atoms with Gasteiger partial charge in [-0.2, -0.15) is 0 Å². The van der Waals surface area contributed by atoms with Crippen molar-refractivity contribution >= 4 is 11.6 Å². The first-order valence-corrected chi connectivity index (χ1v) is 7.16. The molecular formula is C15H24N4O. The maximum absolute atomic E-state index is 5.89. The second-order valence-electron chi connectivity index (χ2n) is 5.24. The van der Waals surface area contributed by atoms with Crippen molar-refractivity contribution < 1.29 is 4.74 Å². The summed E-state index contributed by atoms with van der Waals surface area (Å²) in [5, 5.41) is 3.10. The minimum atomic E-state index is 0.477. The number of anilines is 1. The van der Waals surface area contributed by atoms with E-state index in [0.717, 1.165) is 45.1 Å². The molecule has 0 aromatic heterocycles. The van der Waals surface area contributed by atoms with Crippen LogP contribution in [0.3, 0.4) is 0 Å². The third-order valence-electron chi connectivity index (χ3n) is 3.29. The Balaban J connectivity index is 1.73. The number of nitrogens with one attached hydrogen (secondary N) is 1. The Morgan fingerprint density at radius 1 is 1.35 bits per heavy atom. The molecule has 1 fully saturated rings. The normalized spacial score (nSPS) is 18.8. The van der Waals surface area contributed by atoms with E-state index in [1.807, 2.05) is 30.3 Å². The molecule has 110 valence electrons. The van der Waals surface area contributed by atoms with Gasteiger partial charge < -0.3 is 15.8 Å². The molecule has 20 heavy (non-hydrogen) atoms. The number of hydrogen-bond acceptors (Lipinski definition) is 3. The van der Waals surface area contributed by atoms with Gasteiger partial charge in [-0.15, -0.1) is 0 Å². The average Bonchev–Trinajstić information content (AvgIpc) is 2.47. The zero-order valence-electron chi connectivity index (χ0n) is 12.1. The summed E-state index contributed by atoms with van der Waals surface area (Å²) in [6.45, 7) is 7.71. The molecule has 3 N–H and O–H groups in total. The van der Waals surface area contributed by atoms with Gasteiger partial charge in [0, 0.05) is 31.9 Å². The molecule has 1 aromatic carbocycles. The van der Waals surface area contributed by atoms with Crippen molar-refractivity contribution in [2.75, 3.05) is 44.7 Å². The maximum atomic E-state index is 5.89. The predicted octanol–water partition coefficient (Wildman–Crippen LogP) is 1.38. The highest BCUT2D eigenvalue weighted by Crippen LogP contribution is 2.06. The van der Waals surface area contributed by atoms with Gasteiger partial charge in [-0.05, 0) is 18.1 Å². The molecule has 1 aliphatic rings. The lowest BCUT2D eigenvalue weighted by Gasteiger charge is -2.28. The monoisotopic (exact) mass is 276 g/mol. The lowest BCUT2D eigenvalue weighted by atomic mass is 10.1. The molecule has 1 aromatic rings. The lowest BCUT2D eigenvalue weighted by molar-refractivity contribution is 0.0323. The largest absolute Gasteiger partial charge is 0.379 e. The molecule has 0 radical (unpaired) electrons. The van der Waals surface area contributed by atoms with Gasteiger partial charge in [0.2, 0.25) is 0 Å². The van der Waals surface area contributed by atoms with Crippen molar-refractivity contribution in [3.8, 4) is 0 Å². The van der Waals surface area contributed by atoms with Gasteiger partial charge in [0.1, 0.15) is 0 Å². The van der Waals surface area contributed by atoms with Crippen molar-refractivity contribution in [3.63, 3.8) is 0 Å². The van der Waals surface area contributed by atoms with E-state index in [0.29, 0.717) is 11.9 Å². The molecule has 1 unspecified atom stereocenters. The molecule has 1 atom stereocenters. The van der Waals surface area contributed by atoms with E-state index in [9.17, 15) is 0 Å². The average molecular weight is 276 g/mol. The second kappa shape index (κ2) is 7.87. The van der Waals surface area contributed by atoms with Gasteiger partial charge in [-0.25, -0.2) is 0 Å². The van der Waals surface area contributed by atoms with Crippen LogP contribution in [0.15, 0.2) is 35.3 Å². The molecule has 5 nitrogen and oxygen atoms in total. The lowest BCUT2D eigenvalue weighted by Crippen LogP contribution is -2.39. The first-order chi connectivity index (χ1) is 9.74. The van der Waals surface area contributed by atoms with Crippen molar-refractivity contribution in [2.45, 2.75) is 6.92 Å². The number of morpholine rings is 1. The Morgan fingerprint density at radius 3 is 2.75 bits per heavy atom. The van der Waals surface area contributed by atoms with Crippen molar-refractivity contribution in [2.24, 2.45) is 16.6 Å². The summed E-state index contributed by atoms with van der Waals surface area (Å²) in [6.07, 6.45) is 0. The number of ether oxygens (including phenoxy) is 1. The number of guanidine groups is 1. The molecule has 5 heteroatoms. The quantitative estimate of drug-likeness (QED) is 0.630. The Morgan fingerprint density at radius 2 is 2.05 bits per heavy atom. The highest BCUT2D eigenvalue weighted by molar-refractivity contribution is 5.92. The number of hydrogen-bond donors (Lipinski definition) is 2. The summed E-state index contributed by atoms with van der Waals surface area (Å²) in [7, 11) is 0. The number of nitrogens with two attached hydrogens (primary N) is 1. The van der Waals surface area contributed by atoms with Crippen LogP contribution in [-0.2, 0) is 4.74 Å². The minimum absolute atomic E-state index is 0.477. The smallest absolute Gasteiger partial charge is 0.193 e. The highest BCUT2D eigenvalue weighted by Gasteiger charge is 2.13. The summed E-state index contributed by atoms with van der Waals surface area (Å²) < 4.78 is 5.35. The summed E-state index contributed by atoms with van der Waals surface area (Å²) in [4.78, 5) is 6.83. The number of para-hydroxylation sites is 1. The van der Waals surface area contributed by atoms with Crippen LogP contribution in [-0.4, -0.2) is 50.3 Å². The van der Waals surface area contributed by atoms with Crippen LogP contribution in [0.4, 0.5) is 5.69 Å². The van der Waals surface area contributed by atoms with Gasteiger partial charge in [0.05, 0.1) is 13.2 Å². The Bertz CT molecular complexity index is 415. The maximum Gasteiger partial charge on any atom is 0.193 e. The van der Waals surface area contributed by atoms with E-state index in [1.54, 1.807) is 0 Å². The highest BCUT2D eigenvalue weighted by atomic mass is 16.5. The molecule has 1 heterocycles. The Labute approximate surface area is 120 Å². The molecule has 0 aliphatic carbocycles. The third-order valence-corrected chi connectivity index (χ3v) is 3.29. The van der Waals surface area contributed by atoms with E-state index in [-0.39, 0.29) is 0 Å². The topological polar surface area (TPSA) is 62.9 Å². The van der Waals surface area contributed by atoms with Crippen LogP contribution >= 0.6 is 0 Å². The fraction of sp³-hybridized carbons (Fsp3) is 0.533. The summed E-state index contributed by atoms with van der Waals surface area (Å²) in [6, 6.07) is 9.86. The van der Waals surface area contributed by atoms with Crippen molar-refractivity contribution in [1.29, 1.82) is 0 Å². The Hall–Kier alpha value is -1.59. The van der Waals surface area contributed by atoms with Crippen LogP contribution in [0.1, 0.15) is 6.92 Å². The van der Waals surface area contributed by atoms with Crippen LogP contribution in [0, 0.1) is 5.92 Å². The number of nitrogens with zero attached hydrogens (tertiary/aromatic N) is 2. The van der Waals surface area contributed by atoms with Gasteiger partial charge in [-0.3, -0.25) is 9.89 Å². The van der Waals surface area contributed by atoms with Crippen LogP contribution in [0.5, 0.6) is 0 Å². The van der Waals surface area contributed by atoms with Crippen LogP contribution in [0.2, 0.25) is 0 Å². The predicted molar refractivity (Wildman–Crippen MR) is 83.0 cm³/mol. The van der Waals surface area contributed by atoms with E-state index < -0.39 is 0 Å². The number of aliphatic imine (C=N–C) groups is 1. The third kappa shape index (κ3) is 5.19. The summed E-state index contributed by atoms with van der Waals surface area (Å²) >= 11 is 0. The summed E-state index contributed by atoms with van der Waals surface area (Å²) in [5.74, 6) is 0.967. The molecule has 1 aliphatic heterocycles. The fourth-order valence-electron chi connectivity index (χ4n) is 2.25. The first-order valence-electron chi connectivity index (χ1n) is 7.16. The molecule has 1 saturated heterocycles. The minimum Gasteiger partial charge on any atom is -0.379 e. The number of benzene rings is 1. The Kier molecular flexibility index (Phi) is 5.83. The molecule has 2 rings (SSSR count). The standard InChI is InChI=1S/C15H24N4O/c1-13(12-19-7-9-20-10-8-19)11-17-15(16)18-14-5-3-2-4-6-14/h2-6,13H,7-12H2,1H3,(H3,16,17,18). The zero-order chi connectivity index (χ0) is 14.2. The second-order valence-corrected chi connectivity index (χ2v) is 5.24. The molecule has 0 amide bonds. The van der Waals surface area contributed by atoms with Gasteiger partial charge in [-0.1, -0.05) is 25.1 Å². The molecular weight excluding hydrogens is 252 g/mol. The first kappa shape index (κ1) is 14.8. The molecule has 0 bridgehead atoms. The number of rotatable bonds is 5. The van der Waals surface area contributed by atoms with Crippen molar-refractivity contribution in [1.82, 2.24) is 4.90 Å². The fourth-order valence-corrected chi connectivity index (χ4v) is 2.25. The van der Waals surface area contributed by atoms with E-state index in [2.05, 4.69) is 22.1 Å². The van der Waals surface area contributed by atoms with E-state index >= 15 is 0 Å². The van der Waals surface area contributed by atoms with Gasteiger partial charge in [0.15, 0.2) is 5.96 Å². The van der Waals surface area contributed by atoms with Crippen LogP contribution in [0.25, 0.3) is 0 Å². The zero-order valence-corrected chi connectivity index (χ0v) is 12.1. The van der Waals surface area contributed by atoms with Gasteiger partial charge >= 0.3 is 0 Å². The van der Waals surface area contributed by atoms with Crippen molar-refractivity contribution in [3.05, 3.63) is 30.3 Å². The van der Waals surface area contributed by atoms with E-state index in [4.69, 9.17) is 10.5 Å².